The molecular weight excluding hydrogens is 179 g/mol. The Balaban J connectivity index is 0.000000167. The Morgan fingerprint density at radius 2 is 1.45 bits per heavy atom. The van der Waals surface area contributed by atoms with Crippen LogP contribution >= 0.6 is 0 Å². The van der Waals surface area contributed by atoms with Crippen molar-refractivity contribution >= 4 is 0 Å². The Bertz CT molecular complexity index is 209. The summed E-state index contributed by atoms with van der Waals surface area (Å²) in [5.41, 5.74) is 2.86. The Labute approximate surface area is 77.5 Å². The fraction of sp³-hybridized carbons (Fsp3) is 0. The van der Waals surface area contributed by atoms with Gasteiger partial charge in [-0.05, 0) is 12.2 Å². The predicted octanol–water partition coefficient (Wildman–Crippen LogP) is 2.67. The van der Waals surface area contributed by atoms with Gasteiger partial charge in [-0.2, -0.15) is 18.2 Å². The molecular formula is C10H9Co+. The zero-order chi connectivity index (χ0) is 7.07. The maximum absolute atomic E-state index is 2.86. The number of rotatable bonds is 0. The van der Waals surface area contributed by atoms with Crippen molar-refractivity contribution in [2.75, 3.05) is 0 Å². The van der Waals surface area contributed by atoms with Crippen LogP contribution in [0.25, 0.3) is 0 Å². The van der Waals surface area contributed by atoms with Gasteiger partial charge in [0, 0.05) is 0 Å². The molecule has 0 fully saturated rings. The van der Waals surface area contributed by atoms with Gasteiger partial charge >= 0.3 is 16.8 Å². The van der Waals surface area contributed by atoms with Gasteiger partial charge in [0.25, 0.3) is 0 Å². The summed E-state index contributed by atoms with van der Waals surface area (Å²) in [4.78, 5) is 0. The molecule has 0 aliphatic heterocycles. The molecule has 0 N–H and O–H groups in total. The standard InChI is InChI=1S/C5H5.C5H4.Co/c2*1-2-4-5-3-1;/h1-5H;1-4H;/q-1;;+2. The smallest absolute Gasteiger partial charge is 0.214 e. The van der Waals surface area contributed by atoms with E-state index >= 15 is 0 Å². The largest absolute Gasteiger partial charge is 2.00 e. The zero-order valence-corrected chi connectivity index (χ0v) is 7.07. The molecule has 57 valence electrons. The molecule has 0 heterocycles. The molecule has 1 aliphatic rings. The molecule has 2 rings (SSSR count). The van der Waals surface area contributed by atoms with Gasteiger partial charge in [-0.25, -0.2) is 12.1 Å². The van der Waals surface area contributed by atoms with Crippen LogP contribution in [0.3, 0.4) is 0 Å². The van der Waals surface area contributed by atoms with E-state index in [0.29, 0.717) is 0 Å². The van der Waals surface area contributed by atoms with Crippen LogP contribution in [0.1, 0.15) is 0 Å². The summed E-state index contributed by atoms with van der Waals surface area (Å²) in [6.45, 7) is 0. The van der Waals surface area contributed by atoms with Gasteiger partial charge in [0.1, 0.15) is 0 Å². The molecule has 0 bridgehead atoms. The topological polar surface area (TPSA) is 0 Å². The second-order valence-electron chi connectivity index (χ2n) is 1.85. The zero-order valence-electron chi connectivity index (χ0n) is 6.03. The first-order chi connectivity index (χ1) is 5.00. The second kappa shape index (κ2) is 7.23. The fourth-order valence-corrected chi connectivity index (χ4v) is 0.599. The van der Waals surface area contributed by atoms with Crippen molar-refractivity contribution in [3.63, 3.8) is 0 Å². The van der Waals surface area contributed by atoms with E-state index in [0.717, 1.165) is 0 Å². The van der Waals surface area contributed by atoms with E-state index in [2.05, 4.69) is 5.73 Å². The maximum Gasteiger partial charge on any atom is 2.00 e. The summed E-state index contributed by atoms with van der Waals surface area (Å²) in [6, 6.07) is 10.0. The predicted molar refractivity (Wildman–Crippen MR) is 43.8 cm³/mol. The van der Waals surface area contributed by atoms with Gasteiger partial charge in [0.05, 0.1) is 0 Å². The van der Waals surface area contributed by atoms with E-state index in [1.165, 1.54) is 0 Å². The summed E-state index contributed by atoms with van der Waals surface area (Å²) in [6.07, 6.45) is 7.64. The first-order valence-electron chi connectivity index (χ1n) is 3.24. The summed E-state index contributed by atoms with van der Waals surface area (Å²) < 4.78 is 0. The van der Waals surface area contributed by atoms with Crippen molar-refractivity contribution in [3.05, 3.63) is 60.4 Å². The molecule has 11 heavy (non-hydrogen) atoms. The summed E-state index contributed by atoms with van der Waals surface area (Å²) in [7, 11) is 0. The average Bonchev–Trinajstić information content (AvgIpc) is 2.67. The second-order valence-corrected chi connectivity index (χ2v) is 1.85. The number of hydrogen-bond donors (Lipinski definition) is 0. The third-order valence-corrected chi connectivity index (χ3v) is 1.05. The molecule has 0 unspecified atom stereocenters. The molecule has 1 heteroatoms. The van der Waals surface area contributed by atoms with E-state index < -0.39 is 0 Å². The molecule has 1 aliphatic carbocycles. The molecule has 1 aromatic carbocycles. The Morgan fingerprint density at radius 3 is 1.64 bits per heavy atom. The normalized spacial score (nSPS) is 10.2. The van der Waals surface area contributed by atoms with E-state index in [1.54, 1.807) is 0 Å². The molecule has 0 atom stereocenters. The van der Waals surface area contributed by atoms with Crippen molar-refractivity contribution in [2.45, 2.75) is 0 Å². The van der Waals surface area contributed by atoms with Crippen molar-refractivity contribution < 1.29 is 16.8 Å². The van der Waals surface area contributed by atoms with Crippen LogP contribution in [0.4, 0.5) is 0 Å². The minimum atomic E-state index is 0. The monoisotopic (exact) mass is 188 g/mol. The third-order valence-electron chi connectivity index (χ3n) is 1.05. The van der Waals surface area contributed by atoms with E-state index in [4.69, 9.17) is 0 Å². The molecule has 0 amide bonds. The van der Waals surface area contributed by atoms with Crippen molar-refractivity contribution in [3.8, 4) is 0 Å². The molecule has 1 radical (unpaired) electrons. The average molecular weight is 188 g/mol. The summed E-state index contributed by atoms with van der Waals surface area (Å²) >= 11 is 0. The third kappa shape index (κ3) is 5.56. The van der Waals surface area contributed by atoms with Crippen molar-refractivity contribution in [1.29, 1.82) is 0 Å². The molecule has 0 saturated heterocycles. The SMILES string of the molecule is C1=CC=CC=1.[Co+2].c1cc[cH-]c1. The van der Waals surface area contributed by atoms with E-state index in [9.17, 15) is 0 Å². The minimum absolute atomic E-state index is 0. The quantitative estimate of drug-likeness (QED) is 0.433. The first-order valence-corrected chi connectivity index (χ1v) is 3.24. The van der Waals surface area contributed by atoms with Crippen LogP contribution < -0.4 is 0 Å². The van der Waals surface area contributed by atoms with Gasteiger partial charge in [-0.1, -0.05) is 12.2 Å². The molecule has 0 aromatic heterocycles. The van der Waals surface area contributed by atoms with Crippen molar-refractivity contribution in [1.82, 2.24) is 0 Å². The minimum Gasteiger partial charge on any atom is -0.214 e. The van der Waals surface area contributed by atoms with Gasteiger partial charge in [0.2, 0.25) is 0 Å². The van der Waals surface area contributed by atoms with Crippen LogP contribution in [-0.2, 0) is 16.8 Å². The fourth-order valence-electron chi connectivity index (χ4n) is 0.599. The first kappa shape index (κ1) is 10.1. The van der Waals surface area contributed by atoms with Gasteiger partial charge < -0.3 is 0 Å². The van der Waals surface area contributed by atoms with Crippen LogP contribution in [0.5, 0.6) is 0 Å². The van der Waals surface area contributed by atoms with Crippen LogP contribution in [-0.4, -0.2) is 0 Å². The molecule has 0 spiro atoms. The number of allylic oxidation sites excluding steroid dienone is 3. The van der Waals surface area contributed by atoms with E-state index in [-0.39, 0.29) is 16.8 Å². The summed E-state index contributed by atoms with van der Waals surface area (Å²) in [5, 5.41) is 0. The maximum atomic E-state index is 2.86. The Kier molecular flexibility index (Phi) is 6.65. The number of hydrogen-bond acceptors (Lipinski definition) is 0. The van der Waals surface area contributed by atoms with Gasteiger partial charge in [-0.15, -0.1) is 5.73 Å². The molecule has 0 nitrogen and oxygen atoms in total. The molecule has 1 aromatic rings. The molecule has 0 saturated carbocycles. The van der Waals surface area contributed by atoms with Crippen molar-refractivity contribution in [2.24, 2.45) is 0 Å². The van der Waals surface area contributed by atoms with Crippen LogP contribution in [0.2, 0.25) is 0 Å². The summed E-state index contributed by atoms with van der Waals surface area (Å²) in [5.74, 6) is 0. The van der Waals surface area contributed by atoms with Crippen LogP contribution in [0, 0.1) is 0 Å². The Hall–Kier alpha value is -0.884. The van der Waals surface area contributed by atoms with Crippen LogP contribution in [0.15, 0.2) is 60.4 Å². The van der Waals surface area contributed by atoms with E-state index in [1.807, 2.05) is 54.6 Å². The van der Waals surface area contributed by atoms with Gasteiger partial charge in [-0.3, -0.25) is 0 Å². The van der Waals surface area contributed by atoms with Gasteiger partial charge in [0.15, 0.2) is 0 Å². The Morgan fingerprint density at radius 1 is 0.909 bits per heavy atom.